The van der Waals surface area contributed by atoms with Crippen LogP contribution in [0.4, 0.5) is 10.1 Å². The van der Waals surface area contributed by atoms with E-state index in [9.17, 15) is 4.39 Å². The van der Waals surface area contributed by atoms with Crippen LogP contribution in [-0.4, -0.2) is 0 Å². The highest BCUT2D eigenvalue weighted by atomic mass is 19.1. The Morgan fingerprint density at radius 3 is 2.64 bits per heavy atom. The van der Waals surface area contributed by atoms with Gasteiger partial charge < -0.3 is 11.5 Å². The topological polar surface area (TPSA) is 52.0 Å². The van der Waals surface area contributed by atoms with Crippen LogP contribution in [0.2, 0.25) is 0 Å². The molecule has 3 heteroatoms. The molecule has 2 nitrogen and oxygen atoms in total. The first-order valence-electron chi connectivity index (χ1n) is 4.87. The highest BCUT2D eigenvalue weighted by Gasteiger charge is 2.10. The van der Waals surface area contributed by atoms with Crippen molar-refractivity contribution in [2.24, 2.45) is 5.73 Å². The monoisotopic (exact) mass is 196 g/mol. The second-order valence-electron chi connectivity index (χ2n) is 3.63. The van der Waals surface area contributed by atoms with Gasteiger partial charge in [0, 0.05) is 6.04 Å². The normalized spacial score (nSPS) is 12.9. The third-order valence-electron chi connectivity index (χ3n) is 2.38. The van der Waals surface area contributed by atoms with Crippen LogP contribution in [0.5, 0.6) is 0 Å². The molecule has 0 amide bonds. The standard InChI is InChI=1S/C11H17FN2/c1-3-4-10(13)8-6-9(12)11(14)5-7(8)2/h5-6,10H,3-4,13-14H2,1-2H3/t10-/m0/s1. The van der Waals surface area contributed by atoms with Gasteiger partial charge in [0.25, 0.3) is 0 Å². The van der Waals surface area contributed by atoms with E-state index in [2.05, 4.69) is 6.92 Å². The minimum atomic E-state index is -0.378. The van der Waals surface area contributed by atoms with Crippen LogP contribution in [0.25, 0.3) is 0 Å². The predicted molar refractivity (Wildman–Crippen MR) is 57.4 cm³/mol. The van der Waals surface area contributed by atoms with E-state index in [-0.39, 0.29) is 17.5 Å². The number of rotatable bonds is 3. The Kier molecular flexibility index (Phi) is 3.47. The highest BCUT2D eigenvalue weighted by Crippen LogP contribution is 2.23. The molecule has 0 bridgehead atoms. The van der Waals surface area contributed by atoms with Crippen LogP contribution < -0.4 is 11.5 Å². The van der Waals surface area contributed by atoms with Gasteiger partial charge in [-0.1, -0.05) is 13.3 Å². The second-order valence-corrected chi connectivity index (χ2v) is 3.63. The van der Waals surface area contributed by atoms with Crippen molar-refractivity contribution in [1.82, 2.24) is 0 Å². The fourth-order valence-electron chi connectivity index (χ4n) is 1.59. The van der Waals surface area contributed by atoms with Gasteiger partial charge in [0.05, 0.1) is 5.69 Å². The highest BCUT2D eigenvalue weighted by molar-refractivity contribution is 5.46. The van der Waals surface area contributed by atoms with Gasteiger partial charge >= 0.3 is 0 Å². The fraction of sp³-hybridized carbons (Fsp3) is 0.455. The van der Waals surface area contributed by atoms with E-state index in [4.69, 9.17) is 11.5 Å². The third kappa shape index (κ3) is 2.23. The summed E-state index contributed by atoms with van der Waals surface area (Å²) in [4.78, 5) is 0. The molecule has 0 fully saturated rings. The van der Waals surface area contributed by atoms with Gasteiger partial charge in [-0.05, 0) is 36.6 Å². The summed E-state index contributed by atoms with van der Waals surface area (Å²) >= 11 is 0. The lowest BCUT2D eigenvalue weighted by atomic mass is 9.98. The lowest BCUT2D eigenvalue weighted by Crippen LogP contribution is -2.12. The van der Waals surface area contributed by atoms with Crippen molar-refractivity contribution in [2.45, 2.75) is 32.7 Å². The SMILES string of the molecule is CCC[C@H](N)c1cc(F)c(N)cc1C. The Bertz CT molecular complexity index is 323. The summed E-state index contributed by atoms with van der Waals surface area (Å²) in [6.45, 7) is 3.96. The number of aryl methyl sites for hydroxylation is 1. The van der Waals surface area contributed by atoms with E-state index in [1.165, 1.54) is 6.07 Å². The summed E-state index contributed by atoms with van der Waals surface area (Å²) < 4.78 is 13.2. The van der Waals surface area contributed by atoms with Crippen molar-refractivity contribution >= 4 is 5.69 Å². The van der Waals surface area contributed by atoms with Gasteiger partial charge in [0.1, 0.15) is 5.82 Å². The van der Waals surface area contributed by atoms with Crippen LogP contribution in [0, 0.1) is 12.7 Å². The molecule has 14 heavy (non-hydrogen) atoms. The molecule has 0 aliphatic carbocycles. The molecule has 1 rings (SSSR count). The van der Waals surface area contributed by atoms with E-state index in [1.807, 2.05) is 6.92 Å². The predicted octanol–water partition coefficient (Wildman–Crippen LogP) is 2.52. The number of nitrogens with two attached hydrogens (primary N) is 2. The fourth-order valence-corrected chi connectivity index (χ4v) is 1.59. The second kappa shape index (κ2) is 4.42. The number of halogens is 1. The Balaban J connectivity index is 3.02. The smallest absolute Gasteiger partial charge is 0.146 e. The molecule has 0 unspecified atom stereocenters. The summed E-state index contributed by atoms with van der Waals surface area (Å²) in [5.41, 5.74) is 13.4. The zero-order valence-electron chi connectivity index (χ0n) is 8.68. The summed E-state index contributed by atoms with van der Waals surface area (Å²) in [7, 11) is 0. The van der Waals surface area contributed by atoms with Crippen LogP contribution in [-0.2, 0) is 0 Å². The molecule has 1 aromatic rings. The van der Waals surface area contributed by atoms with Crippen molar-refractivity contribution in [3.8, 4) is 0 Å². The molecule has 0 saturated carbocycles. The molecular formula is C11H17FN2. The van der Waals surface area contributed by atoms with Crippen LogP contribution >= 0.6 is 0 Å². The number of hydrogen-bond donors (Lipinski definition) is 2. The van der Waals surface area contributed by atoms with Gasteiger partial charge in [0.15, 0.2) is 0 Å². The van der Waals surface area contributed by atoms with Crippen molar-refractivity contribution in [1.29, 1.82) is 0 Å². The minimum Gasteiger partial charge on any atom is -0.396 e. The molecule has 78 valence electrons. The molecular weight excluding hydrogens is 179 g/mol. The van der Waals surface area contributed by atoms with Crippen molar-refractivity contribution in [2.75, 3.05) is 5.73 Å². The van der Waals surface area contributed by atoms with E-state index in [0.29, 0.717) is 0 Å². The quantitative estimate of drug-likeness (QED) is 0.730. The van der Waals surface area contributed by atoms with Crippen molar-refractivity contribution < 1.29 is 4.39 Å². The van der Waals surface area contributed by atoms with Gasteiger partial charge in [-0.2, -0.15) is 0 Å². The lowest BCUT2D eigenvalue weighted by molar-refractivity contribution is 0.606. The maximum atomic E-state index is 13.2. The van der Waals surface area contributed by atoms with E-state index < -0.39 is 0 Å². The molecule has 0 radical (unpaired) electrons. The maximum Gasteiger partial charge on any atom is 0.146 e. The third-order valence-corrected chi connectivity index (χ3v) is 2.38. The summed E-state index contributed by atoms with van der Waals surface area (Å²) in [6.07, 6.45) is 1.86. The van der Waals surface area contributed by atoms with E-state index >= 15 is 0 Å². The molecule has 4 N–H and O–H groups in total. The molecule has 0 spiro atoms. The lowest BCUT2D eigenvalue weighted by Gasteiger charge is -2.14. The Hall–Kier alpha value is -1.09. The summed E-state index contributed by atoms with van der Waals surface area (Å²) in [6, 6.07) is 3.00. The largest absolute Gasteiger partial charge is 0.396 e. The number of hydrogen-bond acceptors (Lipinski definition) is 2. The molecule has 1 aromatic carbocycles. The van der Waals surface area contributed by atoms with Gasteiger partial charge in [-0.25, -0.2) is 4.39 Å². The van der Waals surface area contributed by atoms with Crippen LogP contribution in [0.15, 0.2) is 12.1 Å². The number of anilines is 1. The Morgan fingerprint density at radius 1 is 1.43 bits per heavy atom. The van der Waals surface area contributed by atoms with Gasteiger partial charge in [0.2, 0.25) is 0 Å². The minimum absolute atomic E-state index is 0.0879. The molecule has 1 atom stereocenters. The first kappa shape index (κ1) is 11.0. The molecule has 0 aromatic heterocycles. The number of nitrogen functional groups attached to an aromatic ring is 1. The zero-order valence-corrected chi connectivity index (χ0v) is 8.68. The summed E-state index contributed by atoms with van der Waals surface area (Å²) in [5, 5.41) is 0. The molecule has 0 aliphatic heterocycles. The average Bonchev–Trinajstić information content (AvgIpc) is 2.11. The van der Waals surface area contributed by atoms with Crippen LogP contribution in [0.3, 0.4) is 0 Å². The number of benzene rings is 1. The first-order valence-corrected chi connectivity index (χ1v) is 4.87. The Labute approximate surface area is 84.1 Å². The summed E-state index contributed by atoms with van der Waals surface area (Å²) in [5.74, 6) is -0.378. The average molecular weight is 196 g/mol. The first-order chi connectivity index (χ1) is 6.56. The van der Waals surface area contributed by atoms with Crippen LogP contribution in [0.1, 0.15) is 36.9 Å². The van der Waals surface area contributed by atoms with Crippen molar-refractivity contribution in [3.05, 3.63) is 29.1 Å². The van der Waals surface area contributed by atoms with Gasteiger partial charge in [-0.3, -0.25) is 0 Å². The maximum absolute atomic E-state index is 13.2. The molecule has 0 heterocycles. The van der Waals surface area contributed by atoms with E-state index in [1.54, 1.807) is 6.07 Å². The zero-order chi connectivity index (χ0) is 10.7. The van der Waals surface area contributed by atoms with Crippen molar-refractivity contribution in [3.63, 3.8) is 0 Å². The van der Waals surface area contributed by atoms with E-state index in [0.717, 1.165) is 24.0 Å². The van der Waals surface area contributed by atoms with Gasteiger partial charge in [-0.15, -0.1) is 0 Å². The Morgan fingerprint density at radius 2 is 2.07 bits per heavy atom. The molecule has 0 saturated heterocycles. The molecule has 0 aliphatic rings.